The van der Waals surface area contributed by atoms with E-state index < -0.39 is 0 Å². The number of hydrogen-bond acceptors (Lipinski definition) is 4. The second-order valence-electron chi connectivity index (χ2n) is 26.3. The fourth-order valence-corrected chi connectivity index (χ4v) is 15.2. The van der Waals surface area contributed by atoms with Gasteiger partial charge in [0.15, 0.2) is 17.5 Å². The molecule has 0 fully saturated rings. The number of benzene rings is 14. The number of hydrogen-bond donors (Lipinski definition) is 0. The van der Waals surface area contributed by atoms with Gasteiger partial charge in [-0.05, 0) is 156 Å². The van der Waals surface area contributed by atoms with Crippen LogP contribution in [0.2, 0.25) is 0 Å². The normalized spacial score (nSPS) is 11.7. The summed E-state index contributed by atoms with van der Waals surface area (Å²) < 4.78 is 7.19. The number of aryl methyl sites for hydroxylation is 2. The van der Waals surface area contributed by atoms with Crippen LogP contribution in [0.25, 0.3) is 184 Å². The van der Waals surface area contributed by atoms with Crippen molar-refractivity contribution in [3.8, 4) is 118 Å². The van der Waals surface area contributed by atoms with Crippen molar-refractivity contribution in [2.75, 3.05) is 0 Å². The van der Waals surface area contributed by atoms with Crippen molar-refractivity contribution in [3.05, 3.63) is 357 Å². The van der Waals surface area contributed by atoms with Crippen LogP contribution in [-0.4, -0.2) is 33.6 Å². The zero-order valence-corrected chi connectivity index (χ0v) is 55.5. The van der Waals surface area contributed by atoms with Crippen LogP contribution < -0.4 is 0 Å². The zero-order chi connectivity index (χ0) is 67.1. The van der Waals surface area contributed by atoms with Gasteiger partial charge in [0.25, 0.3) is 0 Å². The second-order valence-corrected chi connectivity index (χ2v) is 26.3. The molecule has 5 aromatic heterocycles. The number of rotatable bonds is 12. The summed E-state index contributed by atoms with van der Waals surface area (Å²) >= 11 is 0. The molecule has 0 radical (unpaired) electrons. The molecule has 474 valence electrons. The summed E-state index contributed by atoms with van der Waals surface area (Å²) in [6.45, 7) is 4.34. The summed E-state index contributed by atoms with van der Waals surface area (Å²) in [6.07, 6.45) is 0. The molecule has 7 heteroatoms. The molecule has 0 bridgehead atoms. The Labute approximate surface area is 584 Å². The van der Waals surface area contributed by atoms with E-state index in [2.05, 4.69) is 337 Å². The SMILES string of the molecule is Cc1ccc2c(c1)c1cc(C)ccc1n2-c1ccc(-c2cc(-c3ccccc3-c3nc(-c4ccccc4)nc(-c4ccccc4)n3)c(-c3ccc(-n4c5ccccc5c5cc(-c6ccccc6)ccc54)cc3)c(-c3ccc(-n4c5ccccc5c5cc(-c6ccccc6)ccc54)cc3)n2)cc1. The van der Waals surface area contributed by atoms with E-state index in [4.69, 9.17) is 19.9 Å². The summed E-state index contributed by atoms with van der Waals surface area (Å²) in [7, 11) is 0. The van der Waals surface area contributed by atoms with E-state index in [1.54, 1.807) is 0 Å². The van der Waals surface area contributed by atoms with Gasteiger partial charge in [-0.3, -0.25) is 0 Å². The van der Waals surface area contributed by atoms with Crippen LogP contribution in [0.4, 0.5) is 0 Å². The van der Waals surface area contributed by atoms with Gasteiger partial charge in [-0.1, -0.05) is 254 Å². The van der Waals surface area contributed by atoms with E-state index in [1.807, 2.05) is 36.4 Å². The van der Waals surface area contributed by atoms with Gasteiger partial charge in [0.05, 0.1) is 44.5 Å². The number of fused-ring (bicyclic) bond motifs is 9. The summed E-state index contributed by atoms with van der Waals surface area (Å²) in [6, 6.07) is 124. The van der Waals surface area contributed by atoms with E-state index in [0.29, 0.717) is 17.5 Å². The smallest absolute Gasteiger partial charge is 0.164 e. The van der Waals surface area contributed by atoms with Crippen molar-refractivity contribution in [1.82, 2.24) is 33.6 Å². The van der Waals surface area contributed by atoms with Crippen LogP contribution >= 0.6 is 0 Å². The first-order valence-electron chi connectivity index (χ1n) is 34.4. The molecular weight excluding hydrogens is 1230 g/mol. The van der Waals surface area contributed by atoms with Gasteiger partial charge < -0.3 is 13.7 Å². The lowest BCUT2D eigenvalue weighted by Gasteiger charge is -2.21. The number of pyridine rings is 1. The van der Waals surface area contributed by atoms with Crippen LogP contribution in [0.3, 0.4) is 0 Å². The molecule has 19 aromatic rings. The fraction of sp³-hybridized carbons (Fsp3) is 0.0213. The molecule has 0 aliphatic heterocycles. The molecule has 0 aliphatic rings. The predicted molar refractivity (Wildman–Crippen MR) is 419 cm³/mol. The molecule has 0 N–H and O–H groups in total. The van der Waals surface area contributed by atoms with E-state index >= 15 is 0 Å². The maximum atomic E-state index is 5.96. The summed E-state index contributed by atoms with van der Waals surface area (Å²) in [5.41, 5.74) is 27.4. The lowest BCUT2D eigenvalue weighted by molar-refractivity contribution is 1.07. The lowest BCUT2D eigenvalue weighted by atomic mass is 9.87. The first-order chi connectivity index (χ1) is 49.9. The molecule has 0 aliphatic carbocycles. The van der Waals surface area contributed by atoms with Gasteiger partial charge in [-0.2, -0.15) is 0 Å². The Hall–Kier alpha value is -13.4. The van der Waals surface area contributed by atoms with E-state index in [1.165, 1.54) is 76.7 Å². The highest BCUT2D eigenvalue weighted by molar-refractivity contribution is 6.13. The Balaban J connectivity index is 0.843. The van der Waals surface area contributed by atoms with Crippen LogP contribution in [0.1, 0.15) is 11.1 Å². The third kappa shape index (κ3) is 10.3. The first-order valence-corrected chi connectivity index (χ1v) is 34.4. The Kier molecular flexibility index (Phi) is 14.2. The summed E-state index contributed by atoms with van der Waals surface area (Å²) in [4.78, 5) is 21.9. The standard InChI is InChI=1S/C94H63N7/c1-60-35-51-86-78(55-60)79-56-61(2)36-52-87(79)101(86)71-45-37-64(38-46-71)83-59-82(74-29-15-16-32-77(74)94-97-92(67-25-11-5-12-26-67)96-93(98-94)68-27-13-6-14-28-68)90(65-39-47-72(48-40-65)99-84-33-19-17-30-75(84)80-57-69(43-53-88(80)99)62-21-7-3-8-22-62)91(95-83)66-41-49-73(50-42-66)100-85-34-20-18-31-76(85)81-58-70(44-54-89(81)100)63-23-9-4-10-24-63/h3-59H,1-2H3. The zero-order valence-electron chi connectivity index (χ0n) is 55.5. The van der Waals surface area contributed by atoms with Crippen molar-refractivity contribution in [2.45, 2.75) is 13.8 Å². The lowest BCUT2D eigenvalue weighted by Crippen LogP contribution is -2.02. The fourth-order valence-electron chi connectivity index (χ4n) is 15.2. The molecule has 0 amide bonds. The van der Waals surface area contributed by atoms with E-state index in [-0.39, 0.29) is 0 Å². The molecule has 0 atom stereocenters. The van der Waals surface area contributed by atoms with Crippen molar-refractivity contribution >= 4 is 65.4 Å². The number of para-hydroxylation sites is 2. The molecule has 0 saturated carbocycles. The first kappa shape index (κ1) is 58.9. The largest absolute Gasteiger partial charge is 0.309 e. The topological polar surface area (TPSA) is 66.3 Å². The van der Waals surface area contributed by atoms with Gasteiger partial charge in [-0.15, -0.1) is 0 Å². The molecule has 0 saturated heterocycles. The maximum absolute atomic E-state index is 5.96. The maximum Gasteiger partial charge on any atom is 0.164 e. The van der Waals surface area contributed by atoms with Crippen molar-refractivity contribution < 1.29 is 0 Å². The second kappa shape index (κ2) is 24.3. The van der Waals surface area contributed by atoms with Crippen molar-refractivity contribution in [1.29, 1.82) is 0 Å². The van der Waals surface area contributed by atoms with E-state index in [0.717, 1.165) is 101 Å². The van der Waals surface area contributed by atoms with E-state index in [9.17, 15) is 0 Å². The number of nitrogens with zero attached hydrogens (tertiary/aromatic N) is 7. The molecule has 5 heterocycles. The quantitative estimate of drug-likeness (QED) is 0.122. The third-order valence-electron chi connectivity index (χ3n) is 20.0. The third-order valence-corrected chi connectivity index (χ3v) is 20.0. The minimum Gasteiger partial charge on any atom is -0.309 e. The predicted octanol–water partition coefficient (Wildman–Crippen LogP) is 24.2. The molecule has 19 rings (SSSR count). The van der Waals surface area contributed by atoms with Crippen LogP contribution in [0.15, 0.2) is 346 Å². The van der Waals surface area contributed by atoms with Crippen molar-refractivity contribution in [2.24, 2.45) is 0 Å². The average molecular weight is 1290 g/mol. The Bertz CT molecular complexity index is 6290. The Morgan fingerprint density at radius 3 is 1.02 bits per heavy atom. The van der Waals surface area contributed by atoms with Crippen LogP contribution in [0.5, 0.6) is 0 Å². The van der Waals surface area contributed by atoms with Crippen LogP contribution in [-0.2, 0) is 0 Å². The molecule has 101 heavy (non-hydrogen) atoms. The summed E-state index contributed by atoms with van der Waals surface area (Å²) in [5, 5.41) is 7.28. The van der Waals surface area contributed by atoms with Gasteiger partial charge >= 0.3 is 0 Å². The Morgan fingerprint density at radius 2 is 0.554 bits per heavy atom. The van der Waals surface area contributed by atoms with Gasteiger partial charge in [-0.25, -0.2) is 19.9 Å². The van der Waals surface area contributed by atoms with Gasteiger partial charge in [0.1, 0.15) is 0 Å². The van der Waals surface area contributed by atoms with Gasteiger partial charge in [0.2, 0.25) is 0 Å². The molecule has 14 aromatic carbocycles. The van der Waals surface area contributed by atoms with Crippen molar-refractivity contribution in [3.63, 3.8) is 0 Å². The highest BCUT2D eigenvalue weighted by atomic mass is 15.0. The molecule has 7 nitrogen and oxygen atoms in total. The minimum absolute atomic E-state index is 0.559. The number of aromatic nitrogens is 7. The van der Waals surface area contributed by atoms with Gasteiger partial charge in [0, 0.05) is 82.8 Å². The Morgan fingerprint density at radius 1 is 0.208 bits per heavy atom. The van der Waals surface area contributed by atoms with Crippen LogP contribution in [0, 0.1) is 13.8 Å². The minimum atomic E-state index is 0.559. The molecule has 0 spiro atoms. The molecule has 0 unspecified atom stereocenters. The average Bonchev–Trinajstić information content (AvgIpc) is 1.66. The highest BCUT2D eigenvalue weighted by Crippen LogP contribution is 2.47. The monoisotopic (exact) mass is 1290 g/mol. The summed E-state index contributed by atoms with van der Waals surface area (Å²) in [5.74, 6) is 1.74. The molecular formula is C94H63N7. The highest BCUT2D eigenvalue weighted by Gasteiger charge is 2.25.